The minimum absolute atomic E-state index is 0.0673. The number of H-pyrrole nitrogens is 1. The second-order valence-electron chi connectivity index (χ2n) is 3.99. The molecule has 0 aliphatic rings. The van der Waals surface area contributed by atoms with E-state index >= 15 is 0 Å². The zero-order chi connectivity index (χ0) is 13.1. The first-order valence-corrected chi connectivity index (χ1v) is 6.82. The van der Waals surface area contributed by atoms with E-state index in [9.17, 15) is 4.79 Å². The number of carbonyl (C=O) groups is 1. The predicted octanol–water partition coefficient (Wildman–Crippen LogP) is 2.93. The van der Waals surface area contributed by atoms with Gasteiger partial charge in [-0.3, -0.25) is 4.79 Å². The first-order valence-electron chi connectivity index (χ1n) is 5.84. The highest BCUT2D eigenvalue weighted by Crippen LogP contribution is 2.24. The normalized spacial score (nSPS) is 10.7. The molecule has 0 radical (unpaired) electrons. The van der Waals surface area contributed by atoms with Crippen LogP contribution in [0.3, 0.4) is 0 Å². The highest BCUT2D eigenvalue weighted by Gasteiger charge is 2.09. The summed E-state index contributed by atoms with van der Waals surface area (Å²) in [6.45, 7) is 0. The van der Waals surface area contributed by atoms with E-state index in [1.54, 1.807) is 12.3 Å². The molecule has 0 bridgehead atoms. The second kappa shape index (κ2) is 5.24. The maximum Gasteiger partial charge on any atom is 0.189 e. The fourth-order valence-electron chi connectivity index (χ4n) is 1.81. The topological polar surface area (TPSA) is 58.6 Å². The quantitative estimate of drug-likeness (QED) is 0.449. The van der Waals surface area contributed by atoms with Crippen LogP contribution >= 0.6 is 11.8 Å². The zero-order valence-corrected chi connectivity index (χ0v) is 10.9. The van der Waals surface area contributed by atoms with Gasteiger partial charge in [0.2, 0.25) is 0 Å². The number of carbonyl (C=O) groups excluding carboxylic acids is 1. The van der Waals surface area contributed by atoms with Crippen molar-refractivity contribution in [3.63, 3.8) is 0 Å². The molecule has 0 saturated heterocycles. The van der Waals surface area contributed by atoms with E-state index in [0.717, 1.165) is 15.9 Å². The summed E-state index contributed by atoms with van der Waals surface area (Å²) in [6.07, 6.45) is 3.28. The van der Waals surface area contributed by atoms with E-state index < -0.39 is 0 Å². The van der Waals surface area contributed by atoms with E-state index in [1.807, 2.05) is 30.3 Å². The number of para-hydroxylation sites is 1. The molecule has 94 valence electrons. The number of Topliss-reactive ketones (excluding diaryl/α,β-unsaturated/α-hetero) is 1. The van der Waals surface area contributed by atoms with E-state index in [-0.39, 0.29) is 5.78 Å². The van der Waals surface area contributed by atoms with Crippen LogP contribution in [0.25, 0.3) is 10.9 Å². The van der Waals surface area contributed by atoms with Crippen molar-refractivity contribution in [1.29, 1.82) is 0 Å². The monoisotopic (exact) mass is 269 g/mol. The number of aromatic nitrogens is 3. The molecule has 1 N–H and O–H groups in total. The van der Waals surface area contributed by atoms with Gasteiger partial charge in [0.1, 0.15) is 11.4 Å². The summed E-state index contributed by atoms with van der Waals surface area (Å²) >= 11 is 1.44. The molecule has 19 heavy (non-hydrogen) atoms. The van der Waals surface area contributed by atoms with Crippen LogP contribution in [0.2, 0.25) is 0 Å². The molecule has 3 rings (SSSR count). The van der Waals surface area contributed by atoms with Crippen LogP contribution in [0.4, 0.5) is 0 Å². The van der Waals surface area contributed by atoms with Crippen LogP contribution in [-0.2, 0) is 0 Å². The number of hydrogen-bond acceptors (Lipinski definition) is 4. The van der Waals surface area contributed by atoms with Crippen LogP contribution in [0.5, 0.6) is 0 Å². The molecule has 0 aliphatic heterocycles. The van der Waals surface area contributed by atoms with Crippen LogP contribution in [-0.4, -0.2) is 26.5 Å². The van der Waals surface area contributed by atoms with Crippen molar-refractivity contribution in [1.82, 2.24) is 15.0 Å². The summed E-state index contributed by atoms with van der Waals surface area (Å²) in [7, 11) is 0. The summed E-state index contributed by atoms with van der Waals surface area (Å²) in [6, 6.07) is 11.4. The van der Waals surface area contributed by atoms with Gasteiger partial charge < -0.3 is 4.98 Å². The Bertz CT molecular complexity index is 704. The van der Waals surface area contributed by atoms with Gasteiger partial charge in [0.05, 0.1) is 17.0 Å². The standard InChI is InChI=1S/C14H11N3OS/c18-13(12-6-3-7-15-12)8-19-14-10-4-1-2-5-11(10)16-9-17-14/h1-7,9,15H,8H2. The molecule has 2 aromatic heterocycles. The van der Waals surface area contributed by atoms with Gasteiger partial charge in [-0.25, -0.2) is 9.97 Å². The van der Waals surface area contributed by atoms with Crippen LogP contribution < -0.4 is 0 Å². The predicted molar refractivity (Wildman–Crippen MR) is 75.4 cm³/mol. The molecule has 5 heteroatoms. The van der Waals surface area contributed by atoms with Gasteiger partial charge in [-0.2, -0.15) is 0 Å². The Morgan fingerprint density at radius 3 is 2.89 bits per heavy atom. The number of nitrogens with zero attached hydrogens (tertiary/aromatic N) is 2. The number of thioether (sulfide) groups is 1. The third-order valence-electron chi connectivity index (χ3n) is 2.74. The maximum absolute atomic E-state index is 11.9. The number of ketones is 1. The lowest BCUT2D eigenvalue weighted by molar-refractivity contribution is 0.101. The molecule has 0 atom stereocenters. The third-order valence-corrected chi connectivity index (χ3v) is 3.75. The first-order chi connectivity index (χ1) is 9.34. The molecule has 0 spiro atoms. The summed E-state index contributed by atoms with van der Waals surface area (Å²) in [5, 5.41) is 1.82. The number of aromatic amines is 1. The van der Waals surface area contributed by atoms with Crippen molar-refractivity contribution in [2.24, 2.45) is 0 Å². The number of benzene rings is 1. The lowest BCUT2D eigenvalue weighted by Gasteiger charge is -2.03. The van der Waals surface area contributed by atoms with Crippen molar-refractivity contribution in [2.45, 2.75) is 5.03 Å². The molecule has 0 saturated carbocycles. The molecule has 0 fully saturated rings. The Morgan fingerprint density at radius 2 is 2.05 bits per heavy atom. The summed E-state index contributed by atoms with van der Waals surface area (Å²) in [5.74, 6) is 0.430. The molecule has 4 nitrogen and oxygen atoms in total. The summed E-state index contributed by atoms with van der Waals surface area (Å²) in [5.41, 5.74) is 1.53. The van der Waals surface area contributed by atoms with Gasteiger partial charge in [-0.05, 0) is 18.2 Å². The summed E-state index contributed by atoms with van der Waals surface area (Å²) < 4.78 is 0. The lowest BCUT2D eigenvalue weighted by atomic mass is 10.2. The van der Waals surface area contributed by atoms with Crippen LogP contribution in [0, 0.1) is 0 Å². The van der Waals surface area contributed by atoms with Gasteiger partial charge in [-0.15, -0.1) is 0 Å². The number of nitrogens with one attached hydrogen (secondary N) is 1. The Morgan fingerprint density at radius 1 is 1.16 bits per heavy atom. The van der Waals surface area contributed by atoms with E-state index in [4.69, 9.17) is 0 Å². The smallest absolute Gasteiger partial charge is 0.189 e. The molecule has 0 amide bonds. The lowest BCUT2D eigenvalue weighted by Crippen LogP contribution is -2.03. The molecule has 0 unspecified atom stereocenters. The number of fused-ring (bicyclic) bond motifs is 1. The number of rotatable bonds is 4. The largest absolute Gasteiger partial charge is 0.359 e. The van der Waals surface area contributed by atoms with Crippen molar-refractivity contribution in [3.8, 4) is 0 Å². The van der Waals surface area contributed by atoms with Crippen molar-refractivity contribution >= 4 is 28.4 Å². The second-order valence-corrected chi connectivity index (χ2v) is 4.96. The van der Waals surface area contributed by atoms with Gasteiger partial charge in [0, 0.05) is 11.6 Å². The Balaban J connectivity index is 1.81. The molecular weight excluding hydrogens is 258 g/mol. The maximum atomic E-state index is 11.9. The SMILES string of the molecule is O=C(CSc1ncnc2ccccc12)c1ccc[nH]1. The van der Waals surface area contributed by atoms with Gasteiger partial charge in [0.25, 0.3) is 0 Å². The average Bonchev–Trinajstić information content (AvgIpc) is 2.99. The Hall–Kier alpha value is -2.14. The van der Waals surface area contributed by atoms with E-state index in [0.29, 0.717) is 11.4 Å². The first kappa shape index (κ1) is 11.9. The van der Waals surface area contributed by atoms with Crippen LogP contribution in [0.15, 0.2) is 53.9 Å². The highest BCUT2D eigenvalue weighted by atomic mass is 32.2. The minimum atomic E-state index is 0.0673. The van der Waals surface area contributed by atoms with Gasteiger partial charge in [-0.1, -0.05) is 30.0 Å². The fourth-order valence-corrected chi connectivity index (χ4v) is 2.68. The highest BCUT2D eigenvalue weighted by molar-refractivity contribution is 8.00. The molecule has 2 heterocycles. The summed E-state index contributed by atoms with van der Waals surface area (Å²) in [4.78, 5) is 23.3. The zero-order valence-electron chi connectivity index (χ0n) is 10.0. The average molecular weight is 269 g/mol. The third kappa shape index (κ3) is 2.51. The molecular formula is C14H11N3OS. The minimum Gasteiger partial charge on any atom is -0.359 e. The number of hydrogen-bond donors (Lipinski definition) is 1. The molecule has 0 aliphatic carbocycles. The van der Waals surface area contributed by atoms with E-state index in [1.165, 1.54) is 18.1 Å². The molecule has 1 aromatic carbocycles. The fraction of sp³-hybridized carbons (Fsp3) is 0.0714. The molecule has 3 aromatic rings. The van der Waals surface area contributed by atoms with Gasteiger partial charge in [0.15, 0.2) is 5.78 Å². The Kier molecular flexibility index (Phi) is 3.29. The van der Waals surface area contributed by atoms with Crippen molar-refractivity contribution in [2.75, 3.05) is 5.75 Å². The van der Waals surface area contributed by atoms with Gasteiger partial charge >= 0.3 is 0 Å². The van der Waals surface area contributed by atoms with Crippen molar-refractivity contribution < 1.29 is 4.79 Å². The van der Waals surface area contributed by atoms with Crippen molar-refractivity contribution in [3.05, 3.63) is 54.6 Å². The Labute approximate surface area is 114 Å². The van der Waals surface area contributed by atoms with E-state index in [2.05, 4.69) is 15.0 Å². The van der Waals surface area contributed by atoms with Crippen LogP contribution in [0.1, 0.15) is 10.5 Å².